The Morgan fingerprint density at radius 2 is 1.76 bits per heavy atom. The smallest absolute Gasteiger partial charge is 0.348 e. The molecule has 0 unspecified atom stereocenters. The normalized spacial score (nSPS) is 10.9. The molecule has 0 saturated carbocycles. The molecule has 1 N–H and O–H groups in total. The zero-order chi connectivity index (χ0) is 26.5. The van der Waals surface area contributed by atoms with Gasteiger partial charge in [0, 0.05) is 0 Å². The molecule has 2 aromatic carbocycles. The van der Waals surface area contributed by atoms with Crippen LogP contribution in [0.3, 0.4) is 0 Å². The first-order valence-electron chi connectivity index (χ1n) is 11.8. The predicted molar refractivity (Wildman–Crippen MR) is 141 cm³/mol. The summed E-state index contributed by atoms with van der Waals surface area (Å²) in [6.07, 6.45) is -0.378. The molecule has 37 heavy (non-hydrogen) atoms. The van der Waals surface area contributed by atoms with E-state index in [0.29, 0.717) is 17.1 Å². The van der Waals surface area contributed by atoms with Crippen molar-refractivity contribution in [2.75, 3.05) is 11.9 Å². The van der Waals surface area contributed by atoms with Crippen LogP contribution in [-0.4, -0.2) is 30.6 Å². The molecular formula is C28H27NO7S. The van der Waals surface area contributed by atoms with E-state index in [9.17, 15) is 14.4 Å². The highest BCUT2D eigenvalue weighted by atomic mass is 32.1. The van der Waals surface area contributed by atoms with Crippen LogP contribution in [0, 0.1) is 6.92 Å². The van der Waals surface area contributed by atoms with Crippen molar-refractivity contribution >= 4 is 45.0 Å². The number of thiophene rings is 1. The van der Waals surface area contributed by atoms with E-state index >= 15 is 0 Å². The molecule has 4 aromatic rings. The standard InChI is InChI=1S/C28H27NO7S/c1-5-33-28(32)24-17(4)23(27(31)35-16(2)3)26(37-24)29-25(30)22-13-12-21(36-22)15-34-20-11-10-18-8-6-7-9-19(18)14-20/h6-14,16H,5,15H2,1-4H3,(H,29,30). The number of benzene rings is 2. The molecule has 0 saturated heterocycles. The van der Waals surface area contributed by atoms with Crippen molar-refractivity contribution in [1.29, 1.82) is 0 Å². The second-order valence-corrected chi connectivity index (χ2v) is 9.47. The molecular weight excluding hydrogens is 494 g/mol. The second-order valence-electron chi connectivity index (χ2n) is 8.45. The lowest BCUT2D eigenvalue weighted by atomic mass is 10.1. The minimum absolute atomic E-state index is 0.0315. The Labute approximate surface area is 218 Å². The molecule has 0 bridgehead atoms. The number of hydrogen-bond acceptors (Lipinski definition) is 8. The number of anilines is 1. The number of rotatable bonds is 9. The summed E-state index contributed by atoms with van der Waals surface area (Å²) in [6.45, 7) is 7.05. The molecule has 0 aliphatic heterocycles. The first kappa shape index (κ1) is 26.0. The number of hydrogen-bond donors (Lipinski definition) is 1. The summed E-state index contributed by atoms with van der Waals surface area (Å²) >= 11 is 0.954. The molecule has 192 valence electrons. The molecule has 2 aromatic heterocycles. The average molecular weight is 522 g/mol. The second kappa shape index (κ2) is 11.3. The lowest BCUT2D eigenvalue weighted by molar-refractivity contribution is 0.0379. The van der Waals surface area contributed by atoms with Crippen LogP contribution in [0.2, 0.25) is 0 Å². The third kappa shape index (κ3) is 6.00. The fourth-order valence-electron chi connectivity index (χ4n) is 3.67. The zero-order valence-corrected chi connectivity index (χ0v) is 21.8. The number of esters is 2. The Balaban J connectivity index is 1.49. The van der Waals surface area contributed by atoms with E-state index in [1.54, 1.807) is 33.8 Å². The fraction of sp³-hybridized carbons (Fsp3) is 0.250. The summed E-state index contributed by atoms with van der Waals surface area (Å²) < 4.78 is 21.9. The van der Waals surface area contributed by atoms with E-state index in [4.69, 9.17) is 18.6 Å². The number of amides is 1. The van der Waals surface area contributed by atoms with Crippen LogP contribution in [-0.2, 0) is 16.1 Å². The van der Waals surface area contributed by atoms with Crippen molar-refractivity contribution in [3.8, 4) is 5.75 Å². The molecule has 0 spiro atoms. The quantitative estimate of drug-likeness (QED) is 0.255. The summed E-state index contributed by atoms with van der Waals surface area (Å²) in [5, 5.41) is 5.03. The third-order valence-electron chi connectivity index (χ3n) is 5.37. The molecule has 4 rings (SSSR count). The van der Waals surface area contributed by atoms with Crippen LogP contribution in [0.4, 0.5) is 5.00 Å². The van der Waals surface area contributed by atoms with Gasteiger partial charge in [-0.05, 0) is 68.3 Å². The van der Waals surface area contributed by atoms with Crippen LogP contribution in [0.25, 0.3) is 10.8 Å². The largest absolute Gasteiger partial charge is 0.486 e. The Bertz CT molecular complexity index is 1450. The van der Waals surface area contributed by atoms with Gasteiger partial charge in [0.05, 0.1) is 18.3 Å². The maximum atomic E-state index is 13.0. The van der Waals surface area contributed by atoms with Crippen molar-refractivity contribution in [2.45, 2.75) is 40.4 Å². The van der Waals surface area contributed by atoms with Crippen molar-refractivity contribution in [2.24, 2.45) is 0 Å². The van der Waals surface area contributed by atoms with Gasteiger partial charge in [-0.2, -0.15) is 0 Å². The van der Waals surface area contributed by atoms with Crippen molar-refractivity contribution in [1.82, 2.24) is 0 Å². The molecule has 9 heteroatoms. The number of ether oxygens (including phenoxy) is 3. The van der Waals surface area contributed by atoms with Crippen LogP contribution >= 0.6 is 11.3 Å². The SMILES string of the molecule is CCOC(=O)c1sc(NC(=O)c2ccc(COc3ccc4ccccc4c3)o2)c(C(=O)OC(C)C)c1C. The molecule has 0 fully saturated rings. The summed E-state index contributed by atoms with van der Waals surface area (Å²) in [5.41, 5.74) is 0.495. The number of carbonyl (C=O) groups excluding carboxylic acids is 3. The number of nitrogens with one attached hydrogen (secondary N) is 1. The molecule has 2 heterocycles. The first-order valence-corrected chi connectivity index (χ1v) is 12.6. The maximum absolute atomic E-state index is 13.0. The van der Waals surface area contributed by atoms with Crippen LogP contribution in [0.5, 0.6) is 5.75 Å². The minimum Gasteiger partial charge on any atom is -0.486 e. The lowest BCUT2D eigenvalue weighted by Crippen LogP contribution is -2.16. The third-order valence-corrected chi connectivity index (χ3v) is 6.56. The van der Waals surface area contributed by atoms with Crippen molar-refractivity contribution < 1.29 is 33.0 Å². The summed E-state index contributed by atoms with van der Waals surface area (Å²) in [7, 11) is 0. The van der Waals surface area contributed by atoms with Gasteiger partial charge < -0.3 is 23.9 Å². The van der Waals surface area contributed by atoms with Gasteiger partial charge in [-0.25, -0.2) is 9.59 Å². The molecule has 0 aliphatic rings. The topological polar surface area (TPSA) is 104 Å². The Morgan fingerprint density at radius 3 is 2.49 bits per heavy atom. The molecule has 1 amide bonds. The Morgan fingerprint density at radius 1 is 1.00 bits per heavy atom. The van der Waals surface area contributed by atoms with Crippen molar-refractivity contribution in [3.05, 3.63) is 82.1 Å². The van der Waals surface area contributed by atoms with Gasteiger partial charge in [-0.1, -0.05) is 30.3 Å². The van der Waals surface area contributed by atoms with Gasteiger partial charge in [0.1, 0.15) is 28.0 Å². The maximum Gasteiger partial charge on any atom is 0.348 e. The summed E-state index contributed by atoms with van der Waals surface area (Å²) in [4.78, 5) is 38.3. The fourth-order valence-corrected chi connectivity index (χ4v) is 4.75. The van der Waals surface area contributed by atoms with E-state index in [-0.39, 0.29) is 40.5 Å². The molecule has 0 atom stereocenters. The number of carbonyl (C=O) groups is 3. The molecule has 0 radical (unpaired) electrons. The van der Waals surface area contributed by atoms with Crippen LogP contribution in [0.1, 0.15) is 62.7 Å². The zero-order valence-electron chi connectivity index (χ0n) is 21.0. The monoisotopic (exact) mass is 521 g/mol. The predicted octanol–water partition coefficient (Wildman–Crippen LogP) is 6.38. The van der Waals surface area contributed by atoms with E-state index < -0.39 is 17.8 Å². The highest BCUT2D eigenvalue weighted by Crippen LogP contribution is 2.35. The lowest BCUT2D eigenvalue weighted by Gasteiger charge is -2.10. The molecule has 8 nitrogen and oxygen atoms in total. The van der Waals surface area contributed by atoms with Gasteiger partial charge in [-0.15, -0.1) is 11.3 Å². The Hall–Kier alpha value is -4.11. The van der Waals surface area contributed by atoms with E-state index in [2.05, 4.69) is 5.32 Å². The van der Waals surface area contributed by atoms with E-state index in [1.807, 2.05) is 42.5 Å². The summed E-state index contributed by atoms with van der Waals surface area (Å²) in [5.74, 6) is -0.632. The number of furan rings is 1. The first-order chi connectivity index (χ1) is 17.8. The van der Waals surface area contributed by atoms with Gasteiger partial charge in [0.25, 0.3) is 5.91 Å². The van der Waals surface area contributed by atoms with Crippen LogP contribution < -0.4 is 10.1 Å². The average Bonchev–Trinajstić information content (AvgIpc) is 3.47. The van der Waals surface area contributed by atoms with E-state index in [1.165, 1.54) is 6.07 Å². The van der Waals surface area contributed by atoms with Gasteiger partial charge >= 0.3 is 11.9 Å². The summed E-state index contributed by atoms with van der Waals surface area (Å²) in [6, 6.07) is 16.9. The highest BCUT2D eigenvalue weighted by molar-refractivity contribution is 7.18. The van der Waals surface area contributed by atoms with Crippen LogP contribution in [0.15, 0.2) is 59.0 Å². The number of fused-ring (bicyclic) bond motifs is 1. The van der Waals surface area contributed by atoms with Gasteiger partial charge in [0.2, 0.25) is 0 Å². The minimum atomic E-state index is -0.640. The van der Waals surface area contributed by atoms with Gasteiger partial charge in [0.15, 0.2) is 5.76 Å². The molecule has 0 aliphatic carbocycles. The van der Waals surface area contributed by atoms with Gasteiger partial charge in [-0.3, -0.25) is 4.79 Å². The van der Waals surface area contributed by atoms with E-state index in [0.717, 1.165) is 22.1 Å². The Kier molecular flexibility index (Phi) is 7.93. The van der Waals surface area contributed by atoms with Crippen molar-refractivity contribution in [3.63, 3.8) is 0 Å². The highest BCUT2D eigenvalue weighted by Gasteiger charge is 2.28.